The Kier molecular flexibility index (Phi) is 4.07. The van der Waals surface area contributed by atoms with E-state index >= 15 is 0 Å². The van der Waals surface area contributed by atoms with Gasteiger partial charge in [-0.1, -0.05) is 23.2 Å². The van der Waals surface area contributed by atoms with Gasteiger partial charge in [0.05, 0.1) is 0 Å². The van der Waals surface area contributed by atoms with Crippen molar-refractivity contribution in [2.75, 3.05) is 7.05 Å². The minimum atomic E-state index is -0.571. The van der Waals surface area contributed by atoms with Crippen molar-refractivity contribution in [3.63, 3.8) is 0 Å². The van der Waals surface area contributed by atoms with Gasteiger partial charge < -0.3 is 5.32 Å². The molecule has 0 aliphatic carbocycles. The summed E-state index contributed by atoms with van der Waals surface area (Å²) in [5, 5.41) is 1.62. The minimum absolute atomic E-state index is 0.291. The first kappa shape index (κ1) is 9.46. The first-order valence-corrected chi connectivity index (χ1v) is 3.11. The van der Waals surface area contributed by atoms with E-state index in [-0.39, 0.29) is 10.1 Å². The monoisotopic (exact) mass is 181 g/mol. The van der Waals surface area contributed by atoms with Gasteiger partial charge in [0.1, 0.15) is 10.1 Å². The molecule has 1 amide bonds. The van der Waals surface area contributed by atoms with E-state index in [1.807, 2.05) is 0 Å². The van der Waals surface area contributed by atoms with E-state index in [1.165, 1.54) is 7.05 Å². The Morgan fingerprint density at radius 3 is 2.30 bits per heavy atom. The van der Waals surface area contributed by atoms with E-state index in [0.29, 0.717) is 6.29 Å². The summed E-state index contributed by atoms with van der Waals surface area (Å²) in [7, 11) is 1.39. The molecule has 0 saturated carbocycles. The highest BCUT2D eigenvalue weighted by molar-refractivity contribution is 6.52. The molecule has 56 valence electrons. The summed E-state index contributed by atoms with van der Waals surface area (Å²) >= 11 is 10.5. The zero-order valence-corrected chi connectivity index (χ0v) is 6.66. The zero-order chi connectivity index (χ0) is 8.15. The zero-order valence-electron chi connectivity index (χ0n) is 5.15. The molecule has 0 unspecified atom stereocenters. The molecule has 1 N–H and O–H groups in total. The van der Waals surface area contributed by atoms with Crippen LogP contribution in [0.2, 0.25) is 0 Å². The van der Waals surface area contributed by atoms with Crippen LogP contribution in [0.15, 0.2) is 10.1 Å². The average molecular weight is 182 g/mol. The Hall–Kier alpha value is -0.540. The molecule has 5 heteroatoms. The van der Waals surface area contributed by atoms with Crippen LogP contribution in [0.4, 0.5) is 0 Å². The Morgan fingerprint density at radius 2 is 2.00 bits per heavy atom. The normalized spacial score (nSPS) is 11.9. The molecule has 0 heterocycles. The maximum atomic E-state index is 10.6. The van der Waals surface area contributed by atoms with E-state index in [2.05, 4.69) is 5.32 Å². The molecule has 0 fully saturated rings. The van der Waals surface area contributed by atoms with Crippen molar-refractivity contribution in [2.24, 2.45) is 0 Å². The standard InChI is InChI=1S/C5H5Cl2NO2/c1-8-5(10)4(7)3(6)2-9/h2H,1H3,(H,8,10)/b4-3-. The number of carbonyl (C=O) groups is 2. The van der Waals surface area contributed by atoms with Gasteiger partial charge >= 0.3 is 0 Å². The highest BCUT2D eigenvalue weighted by atomic mass is 35.5. The number of hydrogen-bond acceptors (Lipinski definition) is 2. The van der Waals surface area contributed by atoms with Gasteiger partial charge in [0.15, 0.2) is 6.29 Å². The molecule has 0 aromatic rings. The summed E-state index contributed by atoms with van der Waals surface area (Å²) in [5.41, 5.74) is 0. The predicted octanol–water partition coefficient (Wildman–Crippen LogP) is 0.620. The number of likely N-dealkylation sites (N-methyl/N-ethyl adjacent to an activating group) is 1. The lowest BCUT2D eigenvalue weighted by atomic mass is 10.5. The van der Waals surface area contributed by atoms with Gasteiger partial charge in [-0.15, -0.1) is 0 Å². The number of allylic oxidation sites excluding steroid dienone is 1. The fourth-order valence-corrected chi connectivity index (χ4v) is 0.495. The van der Waals surface area contributed by atoms with Gasteiger partial charge in [0.2, 0.25) is 0 Å². The number of amides is 1. The summed E-state index contributed by atoms with van der Waals surface area (Å²) in [6, 6.07) is 0. The van der Waals surface area contributed by atoms with E-state index in [9.17, 15) is 9.59 Å². The Bertz CT molecular complexity index is 188. The molecule has 0 aromatic carbocycles. The summed E-state index contributed by atoms with van der Waals surface area (Å²) in [4.78, 5) is 20.5. The van der Waals surface area contributed by atoms with Crippen LogP contribution in [-0.4, -0.2) is 19.2 Å². The smallest absolute Gasteiger partial charge is 0.264 e. The maximum Gasteiger partial charge on any atom is 0.264 e. The lowest BCUT2D eigenvalue weighted by Gasteiger charge is -1.94. The lowest BCUT2D eigenvalue weighted by molar-refractivity contribution is -0.116. The van der Waals surface area contributed by atoms with Gasteiger partial charge in [-0.25, -0.2) is 0 Å². The molecule has 0 aromatic heterocycles. The molecule has 0 bridgehead atoms. The first-order chi connectivity index (χ1) is 4.63. The van der Waals surface area contributed by atoms with E-state index in [1.54, 1.807) is 0 Å². The third-order valence-electron chi connectivity index (χ3n) is 0.740. The van der Waals surface area contributed by atoms with Crippen molar-refractivity contribution in [3.05, 3.63) is 10.1 Å². The molecule has 0 rings (SSSR count). The number of rotatable bonds is 2. The van der Waals surface area contributed by atoms with Crippen LogP contribution in [0.25, 0.3) is 0 Å². The summed E-state index contributed by atoms with van der Waals surface area (Å²) in [6.45, 7) is 0. The van der Waals surface area contributed by atoms with Crippen LogP contribution in [-0.2, 0) is 9.59 Å². The van der Waals surface area contributed by atoms with Gasteiger partial charge in [0, 0.05) is 7.05 Å². The molecule has 0 aliphatic heterocycles. The van der Waals surface area contributed by atoms with Crippen molar-refractivity contribution in [1.82, 2.24) is 5.32 Å². The van der Waals surface area contributed by atoms with Crippen LogP contribution in [0, 0.1) is 0 Å². The van der Waals surface area contributed by atoms with Crippen LogP contribution in [0.3, 0.4) is 0 Å². The van der Waals surface area contributed by atoms with Crippen molar-refractivity contribution >= 4 is 35.4 Å². The summed E-state index contributed by atoms with van der Waals surface area (Å²) < 4.78 is 0. The first-order valence-electron chi connectivity index (χ1n) is 2.36. The molecule has 10 heavy (non-hydrogen) atoms. The highest BCUT2D eigenvalue weighted by Crippen LogP contribution is 2.10. The quantitative estimate of drug-likeness (QED) is 0.502. The summed E-state index contributed by atoms with van der Waals surface area (Å²) in [5.74, 6) is -0.571. The second-order valence-corrected chi connectivity index (χ2v) is 2.14. The number of nitrogens with one attached hydrogen (secondary N) is 1. The molecular weight excluding hydrogens is 177 g/mol. The van der Waals surface area contributed by atoms with E-state index in [4.69, 9.17) is 23.2 Å². The maximum absolute atomic E-state index is 10.6. The average Bonchev–Trinajstić information content (AvgIpc) is 2.00. The SMILES string of the molecule is CNC(=O)/C(Cl)=C(/Cl)C=O. The van der Waals surface area contributed by atoms with E-state index < -0.39 is 5.91 Å². The predicted molar refractivity (Wildman–Crippen MR) is 38.9 cm³/mol. The number of aldehydes is 1. The number of hydrogen-bond donors (Lipinski definition) is 1. The van der Waals surface area contributed by atoms with Crippen molar-refractivity contribution in [2.45, 2.75) is 0 Å². The second kappa shape index (κ2) is 4.30. The Labute approximate surface area is 68.0 Å². The lowest BCUT2D eigenvalue weighted by Crippen LogP contribution is -2.18. The van der Waals surface area contributed by atoms with Gasteiger partial charge in [-0.2, -0.15) is 0 Å². The van der Waals surface area contributed by atoms with Crippen molar-refractivity contribution < 1.29 is 9.59 Å². The van der Waals surface area contributed by atoms with E-state index in [0.717, 1.165) is 0 Å². The largest absolute Gasteiger partial charge is 0.354 e. The highest BCUT2D eigenvalue weighted by Gasteiger charge is 2.07. The van der Waals surface area contributed by atoms with Crippen LogP contribution >= 0.6 is 23.2 Å². The molecule has 0 aliphatic rings. The topological polar surface area (TPSA) is 46.2 Å². The number of carbonyl (C=O) groups excluding carboxylic acids is 2. The Balaban J connectivity index is 4.45. The minimum Gasteiger partial charge on any atom is -0.354 e. The van der Waals surface area contributed by atoms with Gasteiger partial charge in [-0.3, -0.25) is 9.59 Å². The number of halogens is 2. The third-order valence-corrected chi connectivity index (χ3v) is 1.49. The van der Waals surface area contributed by atoms with Crippen LogP contribution in [0.5, 0.6) is 0 Å². The van der Waals surface area contributed by atoms with Crippen LogP contribution in [0.1, 0.15) is 0 Å². The van der Waals surface area contributed by atoms with Crippen molar-refractivity contribution in [1.29, 1.82) is 0 Å². The molecule has 3 nitrogen and oxygen atoms in total. The summed E-state index contributed by atoms with van der Waals surface area (Å²) in [6.07, 6.45) is 0.305. The molecule has 0 atom stereocenters. The van der Waals surface area contributed by atoms with Gasteiger partial charge in [-0.05, 0) is 0 Å². The fraction of sp³-hybridized carbons (Fsp3) is 0.200. The second-order valence-electron chi connectivity index (χ2n) is 1.36. The third kappa shape index (κ3) is 2.37. The van der Waals surface area contributed by atoms with Crippen LogP contribution < -0.4 is 5.32 Å². The fourth-order valence-electron chi connectivity index (χ4n) is 0.270. The van der Waals surface area contributed by atoms with Gasteiger partial charge in [0.25, 0.3) is 5.91 Å². The molecule has 0 saturated heterocycles. The molecule has 0 spiro atoms. The van der Waals surface area contributed by atoms with Crippen molar-refractivity contribution in [3.8, 4) is 0 Å². The Morgan fingerprint density at radius 1 is 1.50 bits per heavy atom. The molecular formula is C5H5Cl2NO2. The molecule has 0 radical (unpaired) electrons.